The maximum atomic E-state index is 12.5. The van der Waals surface area contributed by atoms with E-state index in [1.54, 1.807) is 27.1 Å². The van der Waals surface area contributed by atoms with Crippen molar-refractivity contribution in [1.82, 2.24) is 36.1 Å². The Bertz CT molecular complexity index is 1180. The fraction of sp³-hybridized carbons (Fsp3) is 0.250. The number of hydrazine groups is 2. The molecule has 1 fully saturated rings. The molecule has 3 aromatic rings. The number of benzene rings is 1. The molecule has 11 heteroatoms. The zero-order valence-electron chi connectivity index (χ0n) is 16.6. The highest BCUT2D eigenvalue weighted by Crippen LogP contribution is 2.40. The largest absolute Gasteiger partial charge is 0.442 e. The van der Waals surface area contributed by atoms with E-state index in [9.17, 15) is 4.79 Å². The Morgan fingerprint density at radius 1 is 1.23 bits per heavy atom. The second kappa shape index (κ2) is 6.77. The predicted octanol–water partition coefficient (Wildman–Crippen LogP) is 0.906. The van der Waals surface area contributed by atoms with E-state index in [0.717, 1.165) is 34.5 Å². The zero-order valence-corrected chi connectivity index (χ0v) is 16.6. The third-order valence-corrected chi connectivity index (χ3v) is 5.74. The molecule has 1 aromatic carbocycles. The predicted molar refractivity (Wildman–Crippen MR) is 111 cm³/mol. The van der Waals surface area contributed by atoms with Gasteiger partial charge in [-0.25, -0.2) is 15.0 Å². The van der Waals surface area contributed by atoms with E-state index in [-0.39, 0.29) is 18.2 Å². The van der Waals surface area contributed by atoms with Crippen LogP contribution in [0.4, 0.5) is 10.5 Å². The highest BCUT2D eigenvalue weighted by Gasteiger charge is 2.47. The molecule has 1 amide bonds. The SMILES string of the molecule is CN1NN=C(c2ccc(-c3ccc4c(c3)C[C@H]3[C@H](Cn5ccnn5)OC(=O)N43)cn2)N1. The highest BCUT2D eigenvalue weighted by molar-refractivity contribution is 5.97. The van der Waals surface area contributed by atoms with E-state index in [1.165, 1.54) is 0 Å². The lowest BCUT2D eigenvalue weighted by Crippen LogP contribution is -2.37. The van der Waals surface area contributed by atoms with Crippen LogP contribution in [0, 0.1) is 0 Å². The minimum atomic E-state index is -0.309. The molecular formula is C20H19N9O2. The maximum Gasteiger partial charge on any atom is 0.415 e. The number of pyridine rings is 1. The average Bonchev–Trinajstić information content (AvgIpc) is 3.55. The lowest BCUT2D eigenvalue weighted by Gasteiger charge is -2.16. The quantitative estimate of drug-likeness (QED) is 0.644. The van der Waals surface area contributed by atoms with Gasteiger partial charge in [0.2, 0.25) is 0 Å². The number of rotatable bonds is 4. The first-order valence-electron chi connectivity index (χ1n) is 9.93. The molecule has 31 heavy (non-hydrogen) atoms. The monoisotopic (exact) mass is 417 g/mol. The molecule has 2 aromatic heterocycles. The fourth-order valence-corrected chi connectivity index (χ4v) is 4.28. The third-order valence-electron chi connectivity index (χ3n) is 5.74. The molecule has 2 N–H and O–H groups in total. The third kappa shape index (κ3) is 2.97. The molecule has 3 aliphatic rings. The van der Waals surface area contributed by atoms with E-state index < -0.39 is 0 Å². The van der Waals surface area contributed by atoms with Crippen molar-refractivity contribution in [2.24, 2.45) is 5.10 Å². The summed E-state index contributed by atoms with van der Waals surface area (Å²) in [6, 6.07) is 10.0. The van der Waals surface area contributed by atoms with Crippen LogP contribution in [0.25, 0.3) is 11.1 Å². The van der Waals surface area contributed by atoms with Crippen molar-refractivity contribution in [2.75, 3.05) is 11.9 Å². The van der Waals surface area contributed by atoms with Crippen LogP contribution in [0.5, 0.6) is 0 Å². The summed E-state index contributed by atoms with van der Waals surface area (Å²) in [6.07, 6.45) is 5.38. The van der Waals surface area contributed by atoms with Crippen molar-refractivity contribution in [3.05, 3.63) is 60.2 Å². The number of anilines is 1. The van der Waals surface area contributed by atoms with Crippen LogP contribution in [0.1, 0.15) is 11.3 Å². The van der Waals surface area contributed by atoms with Crippen molar-refractivity contribution < 1.29 is 9.53 Å². The summed E-state index contributed by atoms with van der Waals surface area (Å²) in [6.45, 7) is 0.487. The molecule has 156 valence electrons. The van der Waals surface area contributed by atoms with Gasteiger partial charge in [-0.05, 0) is 35.7 Å². The van der Waals surface area contributed by atoms with E-state index in [2.05, 4.69) is 37.4 Å². The van der Waals surface area contributed by atoms with Crippen molar-refractivity contribution in [3.63, 3.8) is 0 Å². The number of hydrogen-bond acceptors (Lipinski definition) is 9. The first-order valence-corrected chi connectivity index (χ1v) is 9.93. The topological polar surface area (TPSA) is 113 Å². The Hall–Kier alpha value is -3.99. The number of hydrogen-bond donors (Lipinski definition) is 2. The van der Waals surface area contributed by atoms with Crippen LogP contribution in [0.15, 0.2) is 54.0 Å². The molecule has 0 spiro atoms. The van der Waals surface area contributed by atoms with Crippen molar-refractivity contribution in [3.8, 4) is 11.1 Å². The van der Waals surface area contributed by atoms with Gasteiger partial charge in [-0.1, -0.05) is 17.3 Å². The zero-order chi connectivity index (χ0) is 20.9. The Labute approximate surface area is 177 Å². The number of nitrogens with zero attached hydrogens (tertiary/aromatic N) is 7. The normalized spacial score (nSPS) is 21.9. The van der Waals surface area contributed by atoms with Gasteiger partial charge in [-0.2, -0.15) is 0 Å². The number of fused-ring (bicyclic) bond motifs is 3. The van der Waals surface area contributed by atoms with Gasteiger partial charge in [-0.3, -0.25) is 15.3 Å². The molecule has 11 nitrogen and oxygen atoms in total. The molecule has 6 rings (SSSR count). The van der Waals surface area contributed by atoms with E-state index in [1.807, 2.05) is 37.5 Å². The number of carbonyl (C=O) groups excluding carboxylic acids is 1. The summed E-state index contributed by atoms with van der Waals surface area (Å²) < 4.78 is 7.30. The van der Waals surface area contributed by atoms with Gasteiger partial charge in [0.1, 0.15) is 11.8 Å². The van der Waals surface area contributed by atoms with Crippen LogP contribution in [0.2, 0.25) is 0 Å². The molecule has 0 saturated carbocycles. The minimum Gasteiger partial charge on any atom is -0.442 e. The summed E-state index contributed by atoms with van der Waals surface area (Å²) in [4.78, 5) is 18.8. The second-order valence-electron chi connectivity index (χ2n) is 7.70. The lowest BCUT2D eigenvalue weighted by molar-refractivity contribution is 0.117. The average molecular weight is 417 g/mol. The first kappa shape index (κ1) is 17.8. The van der Waals surface area contributed by atoms with Gasteiger partial charge < -0.3 is 4.74 Å². The van der Waals surface area contributed by atoms with Gasteiger partial charge in [-0.15, -0.1) is 15.3 Å². The standard InChI is InChI=1S/C20H19N9O2/c1-27-24-19(23-26-27)15-4-2-13(10-21-15)12-3-5-16-14(8-12)9-17-18(31-20(30)29(16)17)11-28-7-6-22-25-28/h2-8,10,17-18,26H,9,11H2,1H3,(H,23,24)/t17-,18-/m0/s1. The van der Waals surface area contributed by atoms with Crippen molar-refractivity contribution in [1.29, 1.82) is 0 Å². The number of hydrazone groups is 1. The fourth-order valence-electron chi connectivity index (χ4n) is 4.28. The summed E-state index contributed by atoms with van der Waals surface area (Å²) in [5, 5.41) is 13.6. The number of ether oxygens (including phenoxy) is 1. The van der Waals surface area contributed by atoms with Gasteiger partial charge in [0.15, 0.2) is 5.84 Å². The molecule has 5 heterocycles. The van der Waals surface area contributed by atoms with Crippen LogP contribution in [-0.2, 0) is 17.7 Å². The molecular weight excluding hydrogens is 398 g/mol. The number of nitrogens with one attached hydrogen (secondary N) is 2. The molecule has 1 saturated heterocycles. The molecule has 0 radical (unpaired) electrons. The summed E-state index contributed by atoms with van der Waals surface area (Å²) in [5.74, 6) is 0.667. The minimum absolute atomic E-state index is 0.0432. The highest BCUT2D eigenvalue weighted by atomic mass is 16.6. The van der Waals surface area contributed by atoms with Gasteiger partial charge >= 0.3 is 6.09 Å². The molecule has 0 unspecified atom stereocenters. The van der Waals surface area contributed by atoms with Crippen LogP contribution in [0.3, 0.4) is 0 Å². The Morgan fingerprint density at radius 2 is 2.13 bits per heavy atom. The summed E-state index contributed by atoms with van der Waals surface area (Å²) in [5.41, 5.74) is 10.7. The Morgan fingerprint density at radius 3 is 2.87 bits per heavy atom. The van der Waals surface area contributed by atoms with Crippen LogP contribution < -0.4 is 15.9 Å². The molecule has 0 aliphatic carbocycles. The molecule has 2 atom stereocenters. The Balaban J connectivity index is 1.24. The number of amidine groups is 1. The first-order chi connectivity index (χ1) is 15.2. The number of amides is 1. The van der Waals surface area contributed by atoms with E-state index in [0.29, 0.717) is 12.4 Å². The van der Waals surface area contributed by atoms with E-state index >= 15 is 0 Å². The number of cyclic esters (lactones) is 1. The number of carbonyl (C=O) groups is 1. The van der Waals surface area contributed by atoms with Gasteiger partial charge in [0.25, 0.3) is 0 Å². The molecule has 0 bridgehead atoms. The van der Waals surface area contributed by atoms with Crippen molar-refractivity contribution >= 4 is 17.6 Å². The van der Waals surface area contributed by atoms with Crippen molar-refractivity contribution in [2.45, 2.75) is 25.1 Å². The lowest BCUT2D eigenvalue weighted by atomic mass is 10.0. The van der Waals surface area contributed by atoms with E-state index in [4.69, 9.17) is 4.74 Å². The molecule has 3 aliphatic heterocycles. The van der Waals surface area contributed by atoms with Gasteiger partial charge in [0, 0.05) is 25.0 Å². The smallest absolute Gasteiger partial charge is 0.415 e. The summed E-state index contributed by atoms with van der Waals surface area (Å²) in [7, 11) is 1.83. The van der Waals surface area contributed by atoms with Gasteiger partial charge in [0.05, 0.1) is 24.5 Å². The van der Waals surface area contributed by atoms with Crippen LogP contribution in [-0.4, -0.2) is 56.2 Å². The maximum absolute atomic E-state index is 12.5. The van der Waals surface area contributed by atoms with Crippen LogP contribution >= 0.6 is 0 Å². The Kier molecular flexibility index (Phi) is 3.90. The summed E-state index contributed by atoms with van der Waals surface area (Å²) >= 11 is 0. The second-order valence-corrected chi connectivity index (χ2v) is 7.70. The number of aromatic nitrogens is 4.